The first kappa shape index (κ1) is 32.7. The Kier molecular flexibility index (Phi) is 8.85. The fourth-order valence-electron chi connectivity index (χ4n) is 8.71. The van der Waals surface area contributed by atoms with Crippen molar-refractivity contribution in [2.75, 3.05) is 26.2 Å². The first-order valence-corrected chi connectivity index (χ1v) is 17.3. The molecule has 11 heteroatoms. The zero-order valence-corrected chi connectivity index (χ0v) is 27.5. The summed E-state index contributed by atoms with van der Waals surface area (Å²) in [7, 11) is 0. The molecule has 0 bridgehead atoms. The monoisotopic (exact) mass is 668 g/mol. The summed E-state index contributed by atoms with van der Waals surface area (Å²) in [5.41, 5.74) is 5.57. The molecule has 9 nitrogen and oxygen atoms in total. The van der Waals surface area contributed by atoms with Gasteiger partial charge < -0.3 is 20.4 Å². The van der Waals surface area contributed by atoms with E-state index in [0.717, 1.165) is 55.9 Å². The van der Waals surface area contributed by atoms with E-state index in [4.69, 9.17) is 5.73 Å². The molecule has 0 radical (unpaired) electrons. The predicted molar refractivity (Wildman–Crippen MR) is 182 cm³/mol. The van der Waals surface area contributed by atoms with E-state index >= 15 is 4.39 Å². The van der Waals surface area contributed by atoms with E-state index < -0.39 is 23.1 Å². The van der Waals surface area contributed by atoms with Crippen LogP contribution in [0.2, 0.25) is 0 Å². The number of rotatable bonds is 6. The summed E-state index contributed by atoms with van der Waals surface area (Å²) in [5.74, 6) is -1.91. The van der Waals surface area contributed by atoms with Crippen molar-refractivity contribution in [3.8, 4) is 11.3 Å². The minimum absolute atomic E-state index is 0.000596. The fourth-order valence-corrected chi connectivity index (χ4v) is 8.71. The lowest BCUT2D eigenvalue weighted by Gasteiger charge is -2.50. The summed E-state index contributed by atoms with van der Waals surface area (Å²) >= 11 is 0. The van der Waals surface area contributed by atoms with Crippen molar-refractivity contribution in [3.63, 3.8) is 0 Å². The largest absolute Gasteiger partial charge is 0.367 e. The molecule has 1 saturated carbocycles. The van der Waals surface area contributed by atoms with Gasteiger partial charge in [0.25, 0.3) is 11.5 Å². The van der Waals surface area contributed by atoms with Crippen molar-refractivity contribution >= 4 is 11.9 Å². The highest BCUT2D eigenvalue weighted by Crippen LogP contribution is 2.49. The van der Waals surface area contributed by atoms with Gasteiger partial charge in [0.2, 0.25) is 0 Å². The van der Waals surface area contributed by atoms with Crippen molar-refractivity contribution < 1.29 is 18.4 Å². The number of benzene rings is 2. The second-order valence-electron chi connectivity index (χ2n) is 14.0. The van der Waals surface area contributed by atoms with E-state index in [2.05, 4.69) is 4.98 Å². The molecule has 3 aliphatic heterocycles. The topological polar surface area (TPSA) is 105 Å². The number of primary amides is 1. The first-order valence-electron chi connectivity index (χ1n) is 17.3. The van der Waals surface area contributed by atoms with Gasteiger partial charge in [0.05, 0.1) is 12.0 Å². The molecule has 49 heavy (non-hydrogen) atoms. The summed E-state index contributed by atoms with van der Waals surface area (Å²) in [6.07, 6.45) is 14.4. The van der Waals surface area contributed by atoms with Crippen molar-refractivity contribution in [3.05, 3.63) is 113 Å². The van der Waals surface area contributed by atoms with E-state index in [-0.39, 0.29) is 34.5 Å². The van der Waals surface area contributed by atoms with Crippen LogP contribution in [0.3, 0.4) is 0 Å². The maximum atomic E-state index is 15.1. The zero-order valence-electron chi connectivity index (χ0n) is 27.5. The fraction of sp³-hybridized carbons (Fsp3) is 0.421. The Hall–Kier alpha value is -4.80. The van der Waals surface area contributed by atoms with E-state index in [9.17, 15) is 18.8 Å². The van der Waals surface area contributed by atoms with Gasteiger partial charge in [-0.25, -0.2) is 18.6 Å². The molecule has 3 fully saturated rings. The number of carbonyl (C=O) groups excluding carboxylic acids is 2. The molecule has 3 amide bonds. The molecule has 2 saturated heterocycles. The van der Waals surface area contributed by atoms with Crippen molar-refractivity contribution in [2.24, 2.45) is 17.1 Å². The molecule has 7 rings (SSSR count). The molecular formula is C38H42F2N6O3. The van der Waals surface area contributed by atoms with Crippen LogP contribution in [0.5, 0.6) is 0 Å². The Bertz CT molecular complexity index is 1830. The van der Waals surface area contributed by atoms with Gasteiger partial charge in [0.1, 0.15) is 11.6 Å². The van der Waals surface area contributed by atoms with Crippen LogP contribution < -0.4 is 11.3 Å². The molecule has 1 aliphatic carbocycles. The lowest BCUT2D eigenvalue weighted by molar-refractivity contribution is -0.128. The number of halogens is 2. The van der Waals surface area contributed by atoms with Gasteiger partial charge in [0.15, 0.2) is 5.54 Å². The molecule has 2 N–H and O–H groups in total. The van der Waals surface area contributed by atoms with Crippen LogP contribution >= 0.6 is 0 Å². The quantitative estimate of drug-likeness (QED) is 0.378. The molecule has 3 aromatic rings. The average molecular weight is 669 g/mol. The number of allylic oxidation sites excluding steroid dienone is 2. The number of nitrogens with two attached hydrogens (primary N) is 1. The van der Waals surface area contributed by atoms with E-state index in [1.165, 1.54) is 6.08 Å². The Labute approximate surface area is 284 Å². The molecular weight excluding hydrogens is 626 g/mol. The Morgan fingerprint density at radius 2 is 1.65 bits per heavy atom. The average Bonchev–Trinajstić information content (AvgIpc) is 3.59. The third-order valence-electron chi connectivity index (χ3n) is 11.3. The molecule has 1 unspecified atom stereocenters. The number of piperidine rings is 2. The van der Waals surface area contributed by atoms with Crippen molar-refractivity contribution in [1.29, 1.82) is 0 Å². The molecule has 2 aromatic carbocycles. The minimum atomic E-state index is -1.69. The number of hydrogen-bond donors (Lipinski definition) is 1. The Morgan fingerprint density at radius 3 is 2.37 bits per heavy atom. The lowest BCUT2D eigenvalue weighted by atomic mass is 9.69. The summed E-state index contributed by atoms with van der Waals surface area (Å²) in [6.45, 7) is 2.77. The van der Waals surface area contributed by atoms with Crippen molar-refractivity contribution in [1.82, 2.24) is 24.3 Å². The van der Waals surface area contributed by atoms with Crippen LogP contribution in [-0.4, -0.2) is 68.4 Å². The number of carbonyl (C=O) groups is 2. The molecule has 256 valence electrons. The second-order valence-corrected chi connectivity index (χ2v) is 14.0. The van der Waals surface area contributed by atoms with Crippen LogP contribution in [0.25, 0.3) is 11.3 Å². The van der Waals surface area contributed by atoms with E-state index in [0.29, 0.717) is 51.3 Å². The minimum Gasteiger partial charge on any atom is -0.367 e. The number of hydrogen-bond acceptors (Lipinski definition) is 5. The predicted octanol–water partition coefficient (Wildman–Crippen LogP) is 5.42. The molecule has 2 atom stereocenters. The van der Waals surface area contributed by atoms with Gasteiger partial charge in [-0.15, -0.1) is 0 Å². The summed E-state index contributed by atoms with van der Waals surface area (Å²) in [5, 5.41) is 0. The highest BCUT2D eigenvalue weighted by molar-refractivity contribution is 5.89. The van der Waals surface area contributed by atoms with Gasteiger partial charge in [-0.05, 0) is 73.8 Å². The molecule has 1 spiro atoms. The number of urea groups is 1. The summed E-state index contributed by atoms with van der Waals surface area (Å²) in [6, 6.07) is 14.1. The Morgan fingerprint density at radius 1 is 0.918 bits per heavy atom. The van der Waals surface area contributed by atoms with Gasteiger partial charge in [-0.3, -0.25) is 14.2 Å². The smallest absolute Gasteiger partial charge is 0.320 e. The number of amides is 3. The number of aromatic nitrogens is 2. The summed E-state index contributed by atoms with van der Waals surface area (Å²) in [4.78, 5) is 50.4. The van der Waals surface area contributed by atoms with Crippen LogP contribution in [0.4, 0.5) is 13.6 Å². The number of likely N-dealkylation sites (tertiary alicyclic amines) is 2. The SMILES string of the molecule is NC(=O)[C@@]1(c2cc(F)ccc2F)C=CC=CN1C1CCN(C(=O)N2CCC(Cn3cnc(-c4ccccc4)cc3=O)C3(CCCC3)C2)CC1. The van der Waals surface area contributed by atoms with Crippen LogP contribution in [0, 0.1) is 23.0 Å². The third-order valence-corrected chi connectivity index (χ3v) is 11.3. The van der Waals surface area contributed by atoms with Crippen LogP contribution in [0.15, 0.2) is 90.1 Å². The van der Waals surface area contributed by atoms with Gasteiger partial charge >= 0.3 is 6.03 Å². The molecule has 4 heterocycles. The molecule has 1 aromatic heterocycles. The van der Waals surface area contributed by atoms with Gasteiger partial charge in [0, 0.05) is 62.2 Å². The highest BCUT2D eigenvalue weighted by atomic mass is 19.1. The molecule has 4 aliphatic rings. The number of nitrogens with zero attached hydrogens (tertiary/aromatic N) is 5. The maximum absolute atomic E-state index is 15.1. The van der Waals surface area contributed by atoms with Gasteiger partial charge in [-0.1, -0.05) is 49.2 Å². The zero-order chi connectivity index (χ0) is 34.2. The maximum Gasteiger partial charge on any atom is 0.320 e. The summed E-state index contributed by atoms with van der Waals surface area (Å²) < 4.78 is 31.1. The van der Waals surface area contributed by atoms with Gasteiger partial charge in [-0.2, -0.15) is 0 Å². The van der Waals surface area contributed by atoms with E-state index in [1.54, 1.807) is 40.2 Å². The second kappa shape index (κ2) is 13.2. The van der Waals surface area contributed by atoms with Crippen LogP contribution in [-0.2, 0) is 16.9 Å². The Balaban J connectivity index is 1.03. The van der Waals surface area contributed by atoms with Crippen LogP contribution in [0.1, 0.15) is 50.5 Å². The highest BCUT2D eigenvalue weighted by Gasteiger charge is 2.49. The van der Waals surface area contributed by atoms with Crippen molar-refractivity contribution in [2.45, 2.75) is 63.1 Å². The normalized spacial score (nSPS) is 23.7. The lowest BCUT2D eigenvalue weighted by Crippen LogP contribution is -2.60. The first-order chi connectivity index (χ1) is 23.7. The van der Waals surface area contributed by atoms with E-state index in [1.807, 2.05) is 40.1 Å². The third kappa shape index (κ3) is 6.04. The standard InChI is InChI=1S/C38H42F2N6O3/c39-29-10-11-32(40)31(22-29)38(35(41)48)17-6-7-18-46(38)30-13-20-43(21-14-30)36(49)44-19-12-28(37(25-44)15-4-5-16-37)24-45-26-42-33(23-34(45)47)27-8-2-1-3-9-27/h1-3,6-11,17-18,22-23,26,28,30H,4-5,12-16,19-21,24-25H2,(H2,41,48)/t28?,38-/m0/s1.